The van der Waals surface area contributed by atoms with Crippen molar-refractivity contribution in [3.8, 4) is 17.2 Å². The van der Waals surface area contributed by atoms with Crippen LogP contribution in [0.15, 0.2) is 54.6 Å². The van der Waals surface area contributed by atoms with Crippen LogP contribution in [0.4, 0.5) is 8.78 Å². The second-order valence-corrected chi connectivity index (χ2v) is 8.19. The van der Waals surface area contributed by atoms with Crippen molar-refractivity contribution >= 4 is 0 Å². The Balaban J connectivity index is 1.54. The van der Waals surface area contributed by atoms with Gasteiger partial charge in [0.25, 0.3) is 0 Å². The summed E-state index contributed by atoms with van der Waals surface area (Å²) < 4.78 is 28.8. The molecule has 30 heavy (non-hydrogen) atoms. The third-order valence-electron chi connectivity index (χ3n) is 6.18. The molecule has 0 spiro atoms. The van der Waals surface area contributed by atoms with Gasteiger partial charge < -0.3 is 0 Å². The van der Waals surface area contributed by atoms with Crippen LogP contribution in [0.25, 0.3) is 11.1 Å². The molecule has 1 aliphatic rings. The van der Waals surface area contributed by atoms with E-state index in [0.717, 1.165) is 60.8 Å². The molecule has 1 unspecified atom stereocenters. The van der Waals surface area contributed by atoms with Crippen molar-refractivity contribution in [1.82, 2.24) is 0 Å². The van der Waals surface area contributed by atoms with E-state index in [1.54, 1.807) is 12.1 Å². The number of hydrogen-bond donors (Lipinski definition) is 0. The van der Waals surface area contributed by atoms with Crippen LogP contribution in [-0.2, 0) is 19.3 Å². The summed E-state index contributed by atoms with van der Waals surface area (Å²) in [5, 5.41) is 8.91. The second kappa shape index (κ2) is 8.79. The fourth-order valence-electron chi connectivity index (χ4n) is 4.42. The average molecular weight is 402 g/mol. The Hall–Kier alpha value is -2.99. The van der Waals surface area contributed by atoms with Crippen LogP contribution < -0.4 is 0 Å². The van der Waals surface area contributed by atoms with Gasteiger partial charge in [0, 0.05) is 0 Å². The van der Waals surface area contributed by atoms with Gasteiger partial charge in [0.15, 0.2) is 0 Å². The maximum Gasteiger partial charge on any atom is 0.141 e. The Kier molecular flexibility index (Phi) is 5.95. The summed E-state index contributed by atoms with van der Waals surface area (Å²) in [5.74, 6) is -0.386. The number of nitrogens with zero attached hydrogens (tertiary/aromatic N) is 1. The maximum atomic E-state index is 14.8. The zero-order valence-corrected chi connectivity index (χ0v) is 17.2. The Morgan fingerprint density at radius 2 is 1.73 bits per heavy atom. The third-order valence-corrected chi connectivity index (χ3v) is 6.18. The van der Waals surface area contributed by atoms with Crippen molar-refractivity contribution in [2.75, 3.05) is 0 Å². The minimum atomic E-state index is -0.495. The van der Waals surface area contributed by atoms with Crippen LogP contribution in [0.5, 0.6) is 0 Å². The van der Waals surface area contributed by atoms with Crippen molar-refractivity contribution in [3.63, 3.8) is 0 Å². The molecule has 152 valence electrons. The lowest BCUT2D eigenvalue weighted by Gasteiger charge is -2.26. The van der Waals surface area contributed by atoms with Gasteiger partial charge in [0.1, 0.15) is 17.7 Å². The quantitative estimate of drug-likeness (QED) is 0.446. The normalized spacial score (nSPS) is 15.5. The molecule has 1 nitrogen and oxygen atoms in total. The second-order valence-electron chi connectivity index (χ2n) is 8.19. The molecule has 0 aliphatic heterocycles. The number of unbranched alkanes of at least 4 members (excludes halogenated alkanes) is 1. The van der Waals surface area contributed by atoms with Gasteiger partial charge in [-0.2, -0.15) is 5.26 Å². The number of hydrogen-bond acceptors (Lipinski definition) is 1. The van der Waals surface area contributed by atoms with Crippen LogP contribution in [0.3, 0.4) is 0 Å². The van der Waals surface area contributed by atoms with Crippen LogP contribution >= 0.6 is 0 Å². The van der Waals surface area contributed by atoms with Crippen molar-refractivity contribution in [2.24, 2.45) is 0 Å². The predicted octanol–water partition coefficient (Wildman–Crippen LogP) is 7.12. The fourth-order valence-corrected chi connectivity index (χ4v) is 4.42. The molecule has 0 radical (unpaired) electrons. The first kappa shape index (κ1) is 20.3. The predicted molar refractivity (Wildman–Crippen MR) is 116 cm³/mol. The largest absolute Gasteiger partial charge is 0.207 e. The Bertz CT molecular complexity index is 1110. The van der Waals surface area contributed by atoms with E-state index in [1.165, 1.54) is 23.3 Å². The molecule has 0 aromatic heterocycles. The molecule has 3 aromatic rings. The summed E-state index contributed by atoms with van der Waals surface area (Å²) in [4.78, 5) is 0. The minimum Gasteiger partial charge on any atom is -0.207 e. The molecule has 3 aromatic carbocycles. The topological polar surface area (TPSA) is 23.8 Å². The first-order valence-electron chi connectivity index (χ1n) is 10.7. The zero-order chi connectivity index (χ0) is 21.1. The lowest BCUT2D eigenvalue weighted by Crippen LogP contribution is -2.14. The van der Waals surface area contributed by atoms with Gasteiger partial charge in [0.05, 0.1) is 5.56 Å². The van der Waals surface area contributed by atoms with Crippen molar-refractivity contribution in [1.29, 1.82) is 5.26 Å². The summed E-state index contributed by atoms with van der Waals surface area (Å²) >= 11 is 0. The van der Waals surface area contributed by atoms with E-state index in [4.69, 9.17) is 5.26 Å². The highest BCUT2D eigenvalue weighted by Gasteiger charge is 2.23. The van der Waals surface area contributed by atoms with E-state index in [2.05, 4.69) is 25.1 Å². The Morgan fingerprint density at radius 1 is 0.933 bits per heavy atom. The molecule has 0 amide bonds. The van der Waals surface area contributed by atoms with Gasteiger partial charge in [-0.05, 0) is 89.6 Å². The molecule has 3 heteroatoms. The number of rotatable bonds is 5. The van der Waals surface area contributed by atoms with E-state index >= 15 is 0 Å². The number of aryl methyl sites for hydroxylation is 2. The SMILES string of the molecule is CCCCc1ccc(C2CCc3cc(-c4ccc(C#N)c(F)c4)ccc3C2)c(F)c1. The molecule has 4 rings (SSSR count). The molecular formula is C27H25F2N. The van der Waals surface area contributed by atoms with Crippen LogP contribution in [0.2, 0.25) is 0 Å². The van der Waals surface area contributed by atoms with Gasteiger partial charge in [0.2, 0.25) is 0 Å². The monoisotopic (exact) mass is 401 g/mol. The number of halogens is 2. The van der Waals surface area contributed by atoms with E-state index in [9.17, 15) is 8.78 Å². The van der Waals surface area contributed by atoms with E-state index in [0.29, 0.717) is 0 Å². The number of fused-ring (bicyclic) bond motifs is 1. The lowest BCUT2D eigenvalue weighted by molar-refractivity contribution is 0.533. The van der Waals surface area contributed by atoms with Gasteiger partial charge >= 0.3 is 0 Å². The molecular weight excluding hydrogens is 376 g/mol. The Morgan fingerprint density at radius 3 is 2.47 bits per heavy atom. The molecule has 0 N–H and O–H groups in total. The van der Waals surface area contributed by atoms with Crippen LogP contribution in [0, 0.1) is 23.0 Å². The third kappa shape index (κ3) is 4.14. The van der Waals surface area contributed by atoms with E-state index in [1.807, 2.05) is 18.2 Å². The van der Waals surface area contributed by atoms with Crippen molar-refractivity contribution in [3.05, 3.63) is 94.0 Å². The average Bonchev–Trinajstić information content (AvgIpc) is 2.77. The van der Waals surface area contributed by atoms with Crippen molar-refractivity contribution < 1.29 is 8.78 Å². The van der Waals surface area contributed by atoms with Gasteiger partial charge in [-0.25, -0.2) is 8.78 Å². The van der Waals surface area contributed by atoms with E-state index in [-0.39, 0.29) is 17.3 Å². The first-order chi connectivity index (χ1) is 14.6. The highest BCUT2D eigenvalue weighted by molar-refractivity contribution is 5.66. The molecule has 0 saturated carbocycles. The zero-order valence-electron chi connectivity index (χ0n) is 17.2. The summed E-state index contributed by atoms with van der Waals surface area (Å²) in [6, 6.07) is 18.5. The molecule has 0 saturated heterocycles. The summed E-state index contributed by atoms with van der Waals surface area (Å²) in [7, 11) is 0. The number of benzene rings is 3. The fraction of sp³-hybridized carbons (Fsp3) is 0.296. The standard InChI is InChI=1S/C27H25F2N/c1-2-3-4-18-5-12-25(27(29)13-18)23-10-8-19-14-20(6-7-21(19)15-23)22-9-11-24(17-30)26(28)16-22/h5-7,9,11-14,16,23H,2-4,8,10,15H2,1H3. The lowest BCUT2D eigenvalue weighted by atomic mass is 9.79. The maximum absolute atomic E-state index is 14.8. The van der Waals surface area contributed by atoms with Crippen LogP contribution in [-0.4, -0.2) is 0 Å². The first-order valence-corrected chi connectivity index (χ1v) is 10.7. The van der Waals surface area contributed by atoms with Gasteiger partial charge in [-0.1, -0.05) is 49.7 Å². The molecule has 1 aliphatic carbocycles. The minimum absolute atomic E-state index is 0.0577. The molecule has 1 atom stereocenters. The molecule has 0 fully saturated rings. The van der Waals surface area contributed by atoms with Crippen LogP contribution in [0.1, 0.15) is 59.9 Å². The molecule has 0 bridgehead atoms. The molecule has 0 heterocycles. The summed E-state index contributed by atoms with van der Waals surface area (Å²) in [6.45, 7) is 2.15. The van der Waals surface area contributed by atoms with Gasteiger partial charge in [-0.3, -0.25) is 0 Å². The number of nitriles is 1. The smallest absolute Gasteiger partial charge is 0.141 e. The highest BCUT2D eigenvalue weighted by Crippen LogP contribution is 2.36. The summed E-state index contributed by atoms with van der Waals surface area (Å²) in [5.41, 5.74) is 6.15. The van der Waals surface area contributed by atoms with Gasteiger partial charge in [-0.15, -0.1) is 0 Å². The van der Waals surface area contributed by atoms with E-state index < -0.39 is 5.82 Å². The summed E-state index contributed by atoms with van der Waals surface area (Å²) in [6.07, 6.45) is 5.73. The van der Waals surface area contributed by atoms with Crippen molar-refractivity contribution in [2.45, 2.75) is 51.4 Å². The Labute approximate surface area is 177 Å². The highest BCUT2D eigenvalue weighted by atomic mass is 19.1.